The van der Waals surface area contributed by atoms with Crippen LogP contribution >= 0.6 is 0 Å². The molecule has 2 aromatic carbocycles. The minimum atomic E-state index is -0.363. The summed E-state index contributed by atoms with van der Waals surface area (Å²) in [5, 5.41) is 5.76. The van der Waals surface area contributed by atoms with Crippen molar-refractivity contribution < 1.29 is 14.3 Å². The van der Waals surface area contributed by atoms with Gasteiger partial charge in [-0.2, -0.15) is 0 Å². The molecule has 1 fully saturated rings. The summed E-state index contributed by atoms with van der Waals surface area (Å²) in [6.07, 6.45) is 1.61. The molecule has 0 spiro atoms. The highest BCUT2D eigenvalue weighted by atomic mass is 16.5. The topological polar surface area (TPSA) is 93.5 Å². The van der Waals surface area contributed by atoms with Crippen LogP contribution in [0.15, 0.2) is 48.5 Å². The first-order valence-corrected chi connectivity index (χ1v) is 8.73. The van der Waals surface area contributed by atoms with Crippen molar-refractivity contribution in [3.8, 4) is 0 Å². The summed E-state index contributed by atoms with van der Waals surface area (Å²) < 4.78 is 5.38. The third kappa shape index (κ3) is 5.07. The molecule has 0 bridgehead atoms. The molecule has 2 amide bonds. The number of rotatable bonds is 6. The summed E-state index contributed by atoms with van der Waals surface area (Å²) in [6.45, 7) is 1.04. The van der Waals surface area contributed by atoms with E-state index in [-0.39, 0.29) is 17.9 Å². The molecule has 26 heavy (non-hydrogen) atoms. The first-order valence-electron chi connectivity index (χ1n) is 8.73. The number of amides is 2. The fraction of sp³-hybridized carbons (Fsp3) is 0.300. The van der Waals surface area contributed by atoms with Crippen molar-refractivity contribution in [3.63, 3.8) is 0 Å². The van der Waals surface area contributed by atoms with Crippen molar-refractivity contribution in [2.75, 3.05) is 17.7 Å². The van der Waals surface area contributed by atoms with E-state index in [9.17, 15) is 9.59 Å². The molecule has 0 saturated carbocycles. The van der Waals surface area contributed by atoms with E-state index in [1.165, 1.54) is 0 Å². The number of nitrogen functional groups attached to an aromatic ring is 1. The van der Waals surface area contributed by atoms with Gasteiger partial charge in [0.2, 0.25) is 5.91 Å². The Morgan fingerprint density at radius 1 is 1.12 bits per heavy atom. The first-order chi connectivity index (χ1) is 12.6. The number of nitrogens with two attached hydrogens (primary N) is 1. The molecule has 6 heteroatoms. The highest BCUT2D eigenvalue weighted by Gasteiger charge is 2.23. The first kappa shape index (κ1) is 17.9. The Bertz CT molecular complexity index is 768. The van der Waals surface area contributed by atoms with Gasteiger partial charge in [-0.15, -0.1) is 0 Å². The minimum Gasteiger partial charge on any atom is -0.399 e. The van der Waals surface area contributed by atoms with Gasteiger partial charge in [0.25, 0.3) is 5.91 Å². The normalized spacial score (nSPS) is 16.2. The third-order valence-corrected chi connectivity index (χ3v) is 4.25. The average Bonchev–Trinajstić information content (AvgIpc) is 3.17. The number of benzene rings is 2. The van der Waals surface area contributed by atoms with Crippen LogP contribution in [0.2, 0.25) is 0 Å². The summed E-state index contributed by atoms with van der Waals surface area (Å²) in [7, 11) is 0. The van der Waals surface area contributed by atoms with E-state index in [1.54, 1.807) is 12.1 Å². The number of hydrogen-bond acceptors (Lipinski definition) is 4. The van der Waals surface area contributed by atoms with E-state index in [4.69, 9.17) is 10.5 Å². The average molecular weight is 353 g/mol. The van der Waals surface area contributed by atoms with Gasteiger partial charge in [-0.3, -0.25) is 9.59 Å². The quantitative estimate of drug-likeness (QED) is 0.694. The van der Waals surface area contributed by atoms with Gasteiger partial charge in [0, 0.05) is 24.5 Å². The number of ether oxygens (including phenoxy) is 1. The monoisotopic (exact) mass is 353 g/mol. The van der Waals surface area contributed by atoms with E-state index in [2.05, 4.69) is 10.6 Å². The summed E-state index contributed by atoms with van der Waals surface area (Å²) in [5.74, 6) is -0.185. The molecule has 6 nitrogen and oxygen atoms in total. The van der Waals surface area contributed by atoms with Gasteiger partial charge in [0.1, 0.15) is 6.10 Å². The Morgan fingerprint density at radius 3 is 2.65 bits per heavy atom. The van der Waals surface area contributed by atoms with Gasteiger partial charge in [0.15, 0.2) is 0 Å². The van der Waals surface area contributed by atoms with E-state index in [1.807, 2.05) is 36.4 Å². The van der Waals surface area contributed by atoms with Gasteiger partial charge in [0.05, 0.1) is 6.42 Å². The Kier molecular flexibility index (Phi) is 5.86. The van der Waals surface area contributed by atoms with Crippen LogP contribution in [0, 0.1) is 0 Å². The molecule has 1 atom stereocenters. The number of hydrogen-bond donors (Lipinski definition) is 3. The van der Waals surface area contributed by atoms with Crippen molar-refractivity contribution in [2.45, 2.75) is 31.9 Å². The molecule has 2 aromatic rings. The lowest BCUT2D eigenvalue weighted by Gasteiger charge is -2.12. The molecule has 0 aromatic heterocycles. The molecule has 4 N–H and O–H groups in total. The van der Waals surface area contributed by atoms with Crippen molar-refractivity contribution >= 4 is 23.2 Å². The minimum absolute atomic E-state index is 0.0661. The summed E-state index contributed by atoms with van der Waals surface area (Å²) in [5.41, 5.74) is 8.85. The number of anilines is 2. The van der Waals surface area contributed by atoms with E-state index in [0.717, 1.165) is 24.0 Å². The molecule has 1 heterocycles. The van der Waals surface area contributed by atoms with E-state index in [0.29, 0.717) is 30.9 Å². The standard InChI is InChI=1S/C20H23N3O3/c21-16-8-6-14(7-9-16)12-19(24)22-13-15-3-1-4-17(11-15)23-20(25)18-5-2-10-26-18/h1,3-4,6-9,11,18H,2,5,10,12-13,21H2,(H,22,24)(H,23,25). The van der Waals surface area contributed by atoms with Crippen molar-refractivity contribution in [1.82, 2.24) is 5.32 Å². The Balaban J connectivity index is 1.50. The van der Waals surface area contributed by atoms with Crippen molar-refractivity contribution in [2.24, 2.45) is 0 Å². The molecular weight excluding hydrogens is 330 g/mol. The highest BCUT2D eigenvalue weighted by Crippen LogP contribution is 2.16. The summed E-state index contributed by atoms with van der Waals surface area (Å²) in [4.78, 5) is 24.2. The number of carbonyl (C=O) groups excluding carboxylic acids is 2. The van der Waals surface area contributed by atoms with Gasteiger partial charge in [-0.05, 0) is 48.2 Å². The molecule has 1 aliphatic heterocycles. The molecule has 1 unspecified atom stereocenters. The van der Waals surface area contributed by atoms with Gasteiger partial charge < -0.3 is 21.1 Å². The van der Waals surface area contributed by atoms with Crippen LogP contribution < -0.4 is 16.4 Å². The smallest absolute Gasteiger partial charge is 0.253 e. The second-order valence-electron chi connectivity index (χ2n) is 6.39. The molecule has 1 saturated heterocycles. The van der Waals surface area contributed by atoms with Crippen LogP contribution in [0.4, 0.5) is 11.4 Å². The number of nitrogens with one attached hydrogen (secondary N) is 2. The zero-order valence-electron chi connectivity index (χ0n) is 14.5. The lowest BCUT2D eigenvalue weighted by Crippen LogP contribution is -2.27. The fourth-order valence-corrected chi connectivity index (χ4v) is 2.85. The fourth-order valence-electron chi connectivity index (χ4n) is 2.85. The zero-order chi connectivity index (χ0) is 18.4. The third-order valence-electron chi connectivity index (χ3n) is 4.25. The van der Waals surface area contributed by atoms with Crippen molar-refractivity contribution in [1.29, 1.82) is 0 Å². The zero-order valence-corrected chi connectivity index (χ0v) is 14.5. The number of carbonyl (C=O) groups is 2. The summed E-state index contributed by atoms with van der Waals surface area (Å²) >= 11 is 0. The maximum atomic E-state index is 12.1. The van der Waals surface area contributed by atoms with Crippen LogP contribution in [0.5, 0.6) is 0 Å². The Morgan fingerprint density at radius 2 is 1.92 bits per heavy atom. The predicted molar refractivity (Wildman–Crippen MR) is 100 cm³/mol. The second-order valence-corrected chi connectivity index (χ2v) is 6.39. The van der Waals surface area contributed by atoms with Gasteiger partial charge >= 0.3 is 0 Å². The van der Waals surface area contributed by atoms with Crippen LogP contribution in [-0.4, -0.2) is 24.5 Å². The summed E-state index contributed by atoms with van der Waals surface area (Å²) in [6, 6.07) is 14.7. The highest BCUT2D eigenvalue weighted by molar-refractivity contribution is 5.94. The molecule has 0 radical (unpaired) electrons. The van der Waals surface area contributed by atoms with E-state index < -0.39 is 0 Å². The maximum Gasteiger partial charge on any atom is 0.253 e. The van der Waals surface area contributed by atoms with Crippen LogP contribution in [0.25, 0.3) is 0 Å². The largest absolute Gasteiger partial charge is 0.399 e. The lowest BCUT2D eigenvalue weighted by molar-refractivity contribution is -0.124. The van der Waals surface area contributed by atoms with Crippen LogP contribution in [0.3, 0.4) is 0 Å². The molecule has 0 aliphatic carbocycles. The molecule has 1 aliphatic rings. The van der Waals surface area contributed by atoms with Gasteiger partial charge in [-0.25, -0.2) is 0 Å². The molecule has 3 rings (SSSR count). The van der Waals surface area contributed by atoms with Crippen LogP contribution in [0.1, 0.15) is 24.0 Å². The molecular formula is C20H23N3O3. The molecule has 136 valence electrons. The predicted octanol–water partition coefficient (Wildman–Crippen LogP) is 2.25. The Hall–Kier alpha value is -2.86. The SMILES string of the molecule is Nc1ccc(CC(=O)NCc2cccc(NC(=O)C3CCCO3)c2)cc1. The second kappa shape index (κ2) is 8.49. The van der Waals surface area contributed by atoms with Gasteiger partial charge in [-0.1, -0.05) is 24.3 Å². The van der Waals surface area contributed by atoms with Crippen molar-refractivity contribution in [3.05, 3.63) is 59.7 Å². The lowest BCUT2D eigenvalue weighted by atomic mass is 10.1. The van der Waals surface area contributed by atoms with E-state index >= 15 is 0 Å². The van der Waals surface area contributed by atoms with Crippen LogP contribution in [-0.2, 0) is 27.3 Å². The maximum absolute atomic E-state index is 12.1. The Labute approximate surface area is 152 Å².